The van der Waals surface area contributed by atoms with Crippen molar-refractivity contribution >= 4 is 28.8 Å². The highest BCUT2D eigenvalue weighted by Gasteiger charge is 2.22. The minimum Gasteiger partial charge on any atom is -0.361 e. The van der Waals surface area contributed by atoms with Gasteiger partial charge in [0.15, 0.2) is 5.11 Å². The van der Waals surface area contributed by atoms with Gasteiger partial charge < -0.3 is 15.5 Å². The zero-order valence-electron chi connectivity index (χ0n) is 13.9. The molecule has 0 bridgehead atoms. The van der Waals surface area contributed by atoms with Gasteiger partial charge in [-0.1, -0.05) is 6.92 Å². The molecule has 0 amide bonds. The number of anilines is 2. The monoisotopic (exact) mass is 333 g/mol. The quantitative estimate of drug-likeness (QED) is 0.807. The van der Waals surface area contributed by atoms with Crippen molar-refractivity contribution in [1.29, 1.82) is 0 Å². The molecule has 126 valence electrons. The van der Waals surface area contributed by atoms with Gasteiger partial charge in [-0.05, 0) is 63.1 Å². The van der Waals surface area contributed by atoms with Crippen LogP contribution in [0.3, 0.4) is 0 Å². The SMILES string of the molecule is CCN1CCC[C@@H]1CNC(=S)Nc1ccc(N2CCCC2)nc1. The van der Waals surface area contributed by atoms with E-state index in [4.69, 9.17) is 12.2 Å². The van der Waals surface area contributed by atoms with Gasteiger partial charge in [0, 0.05) is 25.7 Å². The average molecular weight is 334 g/mol. The minimum atomic E-state index is 0.607. The molecular formula is C17H27N5S. The third kappa shape index (κ3) is 4.32. The van der Waals surface area contributed by atoms with Crippen LogP contribution >= 0.6 is 12.2 Å². The van der Waals surface area contributed by atoms with Gasteiger partial charge in [0.25, 0.3) is 0 Å². The smallest absolute Gasteiger partial charge is 0.170 e. The van der Waals surface area contributed by atoms with E-state index in [1.54, 1.807) is 0 Å². The van der Waals surface area contributed by atoms with E-state index in [-0.39, 0.29) is 0 Å². The fourth-order valence-corrected chi connectivity index (χ4v) is 3.72. The van der Waals surface area contributed by atoms with E-state index in [9.17, 15) is 0 Å². The second-order valence-corrected chi connectivity index (χ2v) is 6.77. The van der Waals surface area contributed by atoms with Crippen LogP contribution in [0.4, 0.5) is 11.5 Å². The first kappa shape index (κ1) is 16.5. The van der Waals surface area contributed by atoms with Crippen molar-refractivity contribution in [2.45, 2.75) is 38.6 Å². The standard InChI is InChI=1S/C17H27N5S/c1-2-21-11-5-6-15(21)13-19-17(23)20-14-7-8-16(18-12-14)22-9-3-4-10-22/h7-8,12,15H,2-6,9-11,13H2,1H3,(H2,19,20,23)/t15-/m1/s1. The van der Waals surface area contributed by atoms with Gasteiger partial charge in [0.05, 0.1) is 11.9 Å². The molecule has 23 heavy (non-hydrogen) atoms. The molecule has 1 aromatic rings. The molecule has 2 N–H and O–H groups in total. The van der Waals surface area contributed by atoms with E-state index in [1.807, 2.05) is 6.20 Å². The third-order valence-electron chi connectivity index (χ3n) is 4.84. The normalized spacial score (nSPS) is 21.6. The number of likely N-dealkylation sites (tertiary alicyclic amines) is 1. The Labute approximate surface area is 144 Å². The summed E-state index contributed by atoms with van der Waals surface area (Å²) in [5, 5.41) is 7.27. The van der Waals surface area contributed by atoms with Crippen LogP contribution in [0.25, 0.3) is 0 Å². The lowest BCUT2D eigenvalue weighted by molar-refractivity contribution is 0.267. The maximum atomic E-state index is 5.41. The number of aromatic nitrogens is 1. The first-order chi connectivity index (χ1) is 11.3. The molecule has 6 heteroatoms. The van der Waals surface area contributed by atoms with Crippen LogP contribution in [0.15, 0.2) is 18.3 Å². The van der Waals surface area contributed by atoms with Gasteiger partial charge in [-0.2, -0.15) is 0 Å². The predicted octanol–water partition coefficient (Wildman–Crippen LogP) is 2.45. The lowest BCUT2D eigenvalue weighted by Crippen LogP contribution is -2.41. The summed E-state index contributed by atoms with van der Waals surface area (Å²) < 4.78 is 0. The Bertz CT molecular complexity index is 512. The number of nitrogens with one attached hydrogen (secondary N) is 2. The Kier molecular flexibility index (Phi) is 5.67. The molecular weight excluding hydrogens is 306 g/mol. The second kappa shape index (κ2) is 7.93. The summed E-state index contributed by atoms with van der Waals surface area (Å²) in [6, 6.07) is 4.74. The number of pyridine rings is 1. The van der Waals surface area contributed by atoms with Crippen molar-refractivity contribution in [2.75, 3.05) is 42.9 Å². The Balaban J connectivity index is 1.46. The number of hydrogen-bond donors (Lipinski definition) is 2. The molecule has 1 aromatic heterocycles. The number of hydrogen-bond acceptors (Lipinski definition) is 4. The largest absolute Gasteiger partial charge is 0.361 e. The Hall–Kier alpha value is -1.40. The van der Waals surface area contributed by atoms with Crippen molar-refractivity contribution in [2.24, 2.45) is 0 Å². The summed E-state index contributed by atoms with van der Waals surface area (Å²) in [4.78, 5) is 9.39. The van der Waals surface area contributed by atoms with E-state index in [0.29, 0.717) is 11.2 Å². The molecule has 0 aliphatic carbocycles. The van der Waals surface area contributed by atoms with Gasteiger partial charge in [-0.3, -0.25) is 4.90 Å². The number of nitrogens with zero attached hydrogens (tertiary/aromatic N) is 3. The van der Waals surface area contributed by atoms with Gasteiger partial charge in [-0.15, -0.1) is 0 Å². The van der Waals surface area contributed by atoms with Crippen molar-refractivity contribution in [3.05, 3.63) is 18.3 Å². The highest BCUT2D eigenvalue weighted by molar-refractivity contribution is 7.80. The fraction of sp³-hybridized carbons (Fsp3) is 0.647. The van der Waals surface area contributed by atoms with Crippen molar-refractivity contribution in [3.63, 3.8) is 0 Å². The van der Waals surface area contributed by atoms with Crippen molar-refractivity contribution < 1.29 is 0 Å². The predicted molar refractivity (Wildman–Crippen MR) is 100 cm³/mol. The summed E-state index contributed by atoms with van der Waals surface area (Å²) in [5.41, 5.74) is 0.948. The Morgan fingerprint density at radius 2 is 2.09 bits per heavy atom. The molecule has 0 aromatic carbocycles. The molecule has 0 radical (unpaired) electrons. The molecule has 1 atom stereocenters. The van der Waals surface area contributed by atoms with Crippen LogP contribution < -0.4 is 15.5 Å². The van der Waals surface area contributed by atoms with Gasteiger partial charge in [-0.25, -0.2) is 4.98 Å². The van der Waals surface area contributed by atoms with Crippen LogP contribution in [-0.2, 0) is 0 Å². The lowest BCUT2D eigenvalue weighted by atomic mass is 10.2. The highest BCUT2D eigenvalue weighted by Crippen LogP contribution is 2.19. The summed E-state index contributed by atoms with van der Waals surface area (Å²) in [6.07, 6.45) is 6.96. The van der Waals surface area contributed by atoms with Crippen molar-refractivity contribution in [1.82, 2.24) is 15.2 Å². The first-order valence-electron chi connectivity index (χ1n) is 8.76. The van der Waals surface area contributed by atoms with E-state index in [0.717, 1.165) is 37.7 Å². The maximum absolute atomic E-state index is 5.41. The second-order valence-electron chi connectivity index (χ2n) is 6.36. The molecule has 2 aliphatic rings. The topological polar surface area (TPSA) is 43.4 Å². The van der Waals surface area contributed by atoms with Gasteiger partial charge in [0.2, 0.25) is 0 Å². The minimum absolute atomic E-state index is 0.607. The zero-order chi connectivity index (χ0) is 16.1. The highest BCUT2D eigenvalue weighted by atomic mass is 32.1. The van der Waals surface area contributed by atoms with Crippen molar-refractivity contribution in [3.8, 4) is 0 Å². The van der Waals surface area contributed by atoms with Gasteiger partial charge >= 0.3 is 0 Å². The van der Waals surface area contributed by atoms with Crippen LogP contribution in [0.2, 0.25) is 0 Å². The van der Waals surface area contributed by atoms with Crippen LogP contribution in [0.1, 0.15) is 32.6 Å². The van der Waals surface area contributed by atoms with Crippen LogP contribution in [0.5, 0.6) is 0 Å². The summed E-state index contributed by atoms with van der Waals surface area (Å²) in [7, 11) is 0. The summed E-state index contributed by atoms with van der Waals surface area (Å²) in [6.45, 7) is 7.71. The summed E-state index contributed by atoms with van der Waals surface area (Å²) in [5.74, 6) is 1.07. The molecule has 0 spiro atoms. The van der Waals surface area contributed by atoms with E-state index in [2.05, 4.69) is 44.5 Å². The third-order valence-corrected chi connectivity index (χ3v) is 5.09. The maximum Gasteiger partial charge on any atom is 0.170 e. The zero-order valence-corrected chi connectivity index (χ0v) is 14.7. The van der Waals surface area contributed by atoms with Crippen LogP contribution in [-0.4, -0.2) is 53.8 Å². The molecule has 3 rings (SSSR count). The van der Waals surface area contributed by atoms with E-state index in [1.165, 1.54) is 32.2 Å². The Morgan fingerprint density at radius 1 is 1.26 bits per heavy atom. The number of likely N-dealkylation sites (N-methyl/N-ethyl adjacent to an activating group) is 1. The molecule has 2 saturated heterocycles. The fourth-order valence-electron chi connectivity index (χ4n) is 3.52. The lowest BCUT2D eigenvalue weighted by Gasteiger charge is -2.23. The van der Waals surface area contributed by atoms with Crippen LogP contribution in [0, 0.1) is 0 Å². The molecule has 2 aliphatic heterocycles. The number of rotatable bonds is 5. The Morgan fingerprint density at radius 3 is 2.78 bits per heavy atom. The molecule has 3 heterocycles. The van der Waals surface area contributed by atoms with Gasteiger partial charge in [0.1, 0.15) is 5.82 Å². The molecule has 0 saturated carbocycles. The summed E-state index contributed by atoms with van der Waals surface area (Å²) >= 11 is 5.41. The first-order valence-corrected chi connectivity index (χ1v) is 9.17. The average Bonchev–Trinajstić information content (AvgIpc) is 3.25. The van der Waals surface area contributed by atoms with E-state index >= 15 is 0 Å². The molecule has 5 nitrogen and oxygen atoms in total. The molecule has 0 unspecified atom stereocenters. The van der Waals surface area contributed by atoms with E-state index < -0.39 is 0 Å². The molecule has 2 fully saturated rings. The number of thiocarbonyl (C=S) groups is 1.